The number of nitrogens with zero attached hydrogens (tertiary/aromatic N) is 4. The van der Waals surface area contributed by atoms with Crippen molar-refractivity contribution in [1.82, 2.24) is 20.5 Å². The van der Waals surface area contributed by atoms with Crippen LogP contribution < -0.4 is 19.7 Å². The maximum atomic E-state index is 6.09. The standard InChI is InChI=1S/C25H27N5O2/c1-31-24-11-18(13-27-29-24)17-4-5-21-19(10-17)15-32-25-22(21)6-7-23(28-25)30-9-8-20(14-30)26-12-16-2-3-16/h4-7,10-11,13,16,20,26H,2-3,8-9,12,14-15H2,1H3. The zero-order valence-electron chi connectivity index (χ0n) is 18.3. The minimum absolute atomic E-state index is 0.505. The monoisotopic (exact) mass is 429 g/mol. The van der Waals surface area contributed by atoms with Gasteiger partial charge in [-0.05, 0) is 66.6 Å². The van der Waals surface area contributed by atoms with Crippen LogP contribution >= 0.6 is 0 Å². The molecule has 4 heterocycles. The quantitative estimate of drug-likeness (QED) is 0.641. The van der Waals surface area contributed by atoms with Crippen LogP contribution in [0, 0.1) is 5.92 Å². The molecule has 0 spiro atoms. The van der Waals surface area contributed by atoms with Crippen molar-refractivity contribution in [3.8, 4) is 34.0 Å². The molecule has 1 aromatic carbocycles. The number of benzene rings is 1. The van der Waals surface area contributed by atoms with Crippen LogP contribution in [0.5, 0.6) is 11.8 Å². The molecule has 1 aliphatic carbocycles. The molecule has 3 aromatic rings. The van der Waals surface area contributed by atoms with Crippen molar-refractivity contribution in [2.45, 2.75) is 31.9 Å². The van der Waals surface area contributed by atoms with Gasteiger partial charge in [0.2, 0.25) is 11.8 Å². The summed E-state index contributed by atoms with van der Waals surface area (Å²) in [5.74, 6) is 3.15. The summed E-state index contributed by atoms with van der Waals surface area (Å²) in [6.07, 6.45) is 5.71. The second kappa shape index (κ2) is 8.06. The van der Waals surface area contributed by atoms with E-state index in [4.69, 9.17) is 14.5 Å². The number of anilines is 1. The van der Waals surface area contributed by atoms with E-state index < -0.39 is 0 Å². The van der Waals surface area contributed by atoms with Gasteiger partial charge in [-0.1, -0.05) is 12.1 Å². The second-order valence-electron chi connectivity index (χ2n) is 8.95. The van der Waals surface area contributed by atoms with E-state index in [2.05, 4.69) is 50.7 Å². The molecule has 1 saturated heterocycles. The molecule has 7 nitrogen and oxygen atoms in total. The molecule has 2 fully saturated rings. The topological polar surface area (TPSA) is 72.4 Å². The molecule has 0 radical (unpaired) electrons. The largest absolute Gasteiger partial charge is 0.480 e. The molecule has 1 unspecified atom stereocenters. The molecule has 2 aliphatic heterocycles. The van der Waals surface area contributed by atoms with E-state index in [-0.39, 0.29) is 0 Å². The van der Waals surface area contributed by atoms with Gasteiger partial charge in [-0.25, -0.2) is 0 Å². The highest BCUT2D eigenvalue weighted by Crippen LogP contribution is 2.39. The molecule has 7 heteroatoms. The van der Waals surface area contributed by atoms with E-state index in [1.807, 2.05) is 6.07 Å². The minimum atomic E-state index is 0.505. The van der Waals surface area contributed by atoms with Crippen LogP contribution in [0.1, 0.15) is 24.8 Å². The maximum absolute atomic E-state index is 6.09. The van der Waals surface area contributed by atoms with Gasteiger partial charge in [0.05, 0.1) is 13.3 Å². The number of aromatic nitrogens is 3. The van der Waals surface area contributed by atoms with Gasteiger partial charge in [-0.3, -0.25) is 0 Å². The third-order valence-corrected chi connectivity index (χ3v) is 6.68. The Bertz CT molecular complexity index is 1150. The Morgan fingerprint density at radius 3 is 2.88 bits per heavy atom. The van der Waals surface area contributed by atoms with Crippen molar-refractivity contribution < 1.29 is 9.47 Å². The molecule has 6 rings (SSSR count). The first-order valence-corrected chi connectivity index (χ1v) is 11.4. The Morgan fingerprint density at radius 1 is 1.09 bits per heavy atom. The first kappa shape index (κ1) is 19.5. The van der Waals surface area contributed by atoms with Crippen LogP contribution in [0.3, 0.4) is 0 Å². The lowest BCUT2D eigenvalue weighted by Gasteiger charge is -2.24. The second-order valence-corrected chi connectivity index (χ2v) is 8.95. The third-order valence-electron chi connectivity index (χ3n) is 6.68. The maximum Gasteiger partial charge on any atom is 0.233 e. The summed E-state index contributed by atoms with van der Waals surface area (Å²) in [7, 11) is 1.60. The molecule has 32 heavy (non-hydrogen) atoms. The summed E-state index contributed by atoms with van der Waals surface area (Å²) < 4.78 is 11.3. The number of nitrogens with one attached hydrogen (secondary N) is 1. The zero-order chi connectivity index (χ0) is 21.5. The van der Waals surface area contributed by atoms with Gasteiger partial charge in [-0.2, -0.15) is 10.1 Å². The van der Waals surface area contributed by atoms with Gasteiger partial charge < -0.3 is 19.7 Å². The first-order chi connectivity index (χ1) is 15.8. The SMILES string of the molecule is COc1cc(-c2ccc3c(c2)COc2nc(N4CCC(NCC5CC5)C4)ccc2-3)cnn1. The zero-order valence-corrected chi connectivity index (χ0v) is 18.3. The number of pyridine rings is 1. The average molecular weight is 430 g/mol. The van der Waals surface area contributed by atoms with Gasteiger partial charge in [0, 0.05) is 36.3 Å². The molecule has 164 valence electrons. The van der Waals surface area contributed by atoms with Crippen molar-refractivity contribution in [1.29, 1.82) is 0 Å². The summed E-state index contributed by atoms with van der Waals surface area (Å²) in [6.45, 7) is 3.73. The van der Waals surface area contributed by atoms with Crippen LogP contribution in [0.2, 0.25) is 0 Å². The average Bonchev–Trinajstić information content (AvgIpc) is 3.57. The lowest BCUT2D eigenvalue weighted by atomic mass is 9.95. The third kappa shape index (κ3) is 3.77. The van der Waals surface area contributed by atoms with Crippen LogP contribution in [-0.4, -0.2) is 48.0 Å². The molecule has 1 atom stereocenters. The van der Waals surface area contributed by atoms with Gasteiger partial charge >= 0.3 is 0 Å². The highest BCUT2D eigenvalue weighted by atomic mass is 16.5. The predicted octanol–water partition coefficient (Wildman–Crippen LogP) is 3.68. The normalized spacial score (nSPS) is 19.3. The fraction of sp³-hybridized carbons (Fsp3) is 0.400. The van der Waals surface area contributed by atoms with Crippen LogP contribution in [-0.2, 0) is 6.61 Å². The van der Waals surface area contributed by atoms with Crippen LogP contribution in [0.25, 0.3) is 22.3 Å². The number of ether oxygens (including phenoxy) is 2. The Morgan fingerprint density at radius 2 is 2.00 bits per heavy atom. The van der Waals surface area contributed by atoms with E-state index in [0.717, 1.165) is 53.0 Å². The fourth-order valence-electron chi connectivity index (χ4n) is 4.62. The fourth-order valence-corrected chi connectivity index (χ4v) is 4.62. The summed E-state index contributed by atoms with van der Waals surface area (Å²) >= 11 is 0. The molecule has 1 N–H and O–H groups in total. The van der Waals surface area contributed by atoms with Gasteiger partial charge in [-0.15, -0.1) is 5.10 Å². The molecular weight excluding hydrogens is 402 g/mol. The summed E-state index contributed by atoms with van der Waals surface area (Å²) in [5, 5.41) is 11.7. The lowest BCUT2D eigenvalue weighted by Crippen LogP contribution is -2.34. The highest BCUT2D eigenvalue weighted by molar-refractivity contribution is 5.78. The van der Waals surface area contributed by atoms with E-state index in [0.29, 0.717) is 18.5 Å². The van der Waals surface area contributed by atoms with E-state index in [9.17, 15) is 0 Å². The first-order valence-electron chi connectivity index (χ1n) is 11.4. The van der Waals surface area contributed by atoms with Gasteiger partial charge in [0.1, 0.15) is 12.4 Å². The Kier molecular flexibility index (Phi) is 4.91. The minimum Gasteiger partial charge on any atom is -0.480 e. The molecule has 2 aromatic heterocycles. The van der Waals surface area contributed by atoms with Crippen molar-refractivity contribution in [3.63, 3.8) is 0 Å². The van der Waals surface area contributed by atoms with Gasteiger partial charge in [0.15, 0.2) is 0 Å². The molecule has 3 aliphatic rings. The summed E-state index contributed by atoms with van der Waals surface area (Å²) in [6, 6.07) is 13.1. The van der Waals surface area contributed by atoms with Gasteiger partial charge in [0.25, 0.3) is 0 Å². The number of rotatable bonds is 6. The molecule has 1 saturated carbocycles. The Hall–Kier alpha value is -3.19. The number of methoxy groups -OCH3 is 1. The Balaban J connectivity index is 1.21. The van der Waals surface area contributed by atoms with Crippen LogP contribution in [0.15, 0.2) is 42.6 Å². The number of hydrogen-bond acceptors (Lipinski definition) is 7. The van der Waals surface area contributed by atoms with Crippen molar-refractivity contribution in [2.24, 2.45) is 5.92 Å². The summed E-state index contributed by atoms with van der Waals surface area (Å²) in [4.78, 5) is 7.25. The van der Waals surface area contributed by atoms with Crippen LogP contribution in [0.4, 0.5) is 5.82 Å². The molecule has 0 amide bonds. The van der Waals surface area contributed by atoms with Crippen molar-refractivity contribution in [2.75, 3.05) is 31.6 Å². The summed E-state index contributed by atoms with van der Waals surface area (Å²) in [5.41, 5.74) is 5.40. The van der Waals surface area contributed by atoms with E-state index in [1.54, 1.807) is 13.3 Å². The molecule has 0 bridgehead atoms. The number of hydrogen-bond donors (Lipinski definition) is 1. The highest BCUT2D eigenvalue weighted by Gasteiger charge is 2.28. The molecular formula is C25H27N5O2. The van der Waals surface area contributed by atoms with E-state index >= 15 is 0 Å². The van der Waals surface area contributed by atoms with Crippen molar-refractivity contribution in [3.05, 3.63) is 48.2 Å². The Labute approximate surface area is 187 Å². The van der Waals surface area contributed by atoms with Crippen molar-refractivity contribution >= 4 is 5.82 Å². The smallest absolute Gasteiger partial charge is 0.233 e. The predicted molar refractivity (Wildman–Crippen MR) is 123 cm³/mol. The van der Waals surface area contributed by atoms with E-state index in [1.165, 1.54) is 31.4 Å². The number of fused-ring (bicyclic) bond motifs is 3. The lowest BCUT2D eigenvalue weighted by molar-refractivity contribution is 0.290.